The van der Waals surface area contributed by atoms with Crippen molar-refractivity contribution in [3.05, 3.63) is 29.8 Å². The van der Waals surface area contributed by atoms with Crippen LogP contribution in [0.1, 0.15) is 50.0 Å². The van der Waals surface area contributed by atoms with Gasteiger partial charge in [-0.15, -0.1) is 12.4 Å². The van der Waals surface area contributed by atoms with Crippen LogP contribution in [-0.4, -0.2) is 56.2 Å². The van der Waals surface area contributed by atoms with Crippen molar-refractivity contribution in [2.24, 2.45) is 5.92 Å². The van der Waals surface area contributed by atoms with E-state index >= 15 is 0 Å². The lowest BCUT2D eigenvalue weighted by Gasteiger charge is -2.33. The minimum absolute atomic E-state index is 0. The Labute approximate surface area is 179 Å². The molecule has 1 N–H and O–H groups in total. The first kappa shape index (κ1) is 21.9. The molecule has 0 radical (unpaired) electrons. The van der Waals surface area contributed by atoms with Gasteiger partial charge in [-0.3, -0.25) is 9.69 Å². The Hall–Kier alpha value is -1.79. The Morgan fingerprint density at radius 3 is 2.28 bits per heavy atom. The maximum Gasteiger partial charge on any atom is 0.324 e. The first-order chi connectivity index (χ1) is 13.7. The van der Waals surface area contributed by atoms with Gasteiger partial charge in [0.25, 0.3) is 0 Å². The quantitative estimate of drug-likeness (QED) is 0.755. The maximum atomic E-state index is 13.0. The summed E-state index contributed by atoms with van der Waals surface area (Å²) in [6.07, 6.45) is 5.76. The number of amides is 2. The number of ether oxygens (including phenoxy) is 1. The molecule has 160 valence electrons. The zero-order chi connectivity index (χ0) is 19.5. The molecule has 4 rings (SSSR count). The van der Waals surface area contributed by atoms with Crippen LogP contribution in [0.5, 0.6) is 0 Å². The predicted molar refractivity (Wildman–Crippen MR) is 116 cm³/mol. The second-order valence-electron chi connectivity index (χ2n) is 8.27. The van der Waals surface area contributed by atoms with E-state index in [-0.39, 0.29) is 36.4 Å². The molecule has 2 saturated heterocycles. The first-order valence-corrected chi connectivity index (χ1v) is 10.6. The van der Waals surface area contributed by atoms with Crippen LogP contribution < -0.4 is 10.2 Å². The second kappa shape index (κ2) is 9.81. The molecule has 1 aliphatic carbocycles. The summed E-state index contributed by atoms with van der Waals surface area (Å²) >= 11 is 0. The highest BCUT2D eigenvalue weighted by Gasteiger charge is 2.37. The first-order valence-electron chi connectivity index (χ1n) is 10.6. The van der Waals surface area contributed by atoms with Crippen molar-refractivity contribution in [3.8, 4) is 0 Å². The fourth-order valence-electron chi connectivity index (χ4n) is 5.00. The third-order valence-electron chi connectivity index (χ3n) is 6.73. The van der Waals surface area contributed by atoms with E-state index in [0.29, 0.717) is 5.92 Å². The van der Waals surface area contributed by atoms with Gasteiger partial charge in [0.2, 0.25) is 0 Å². The molecule has 3 aliphatic rings. The molecule has 1 aromatic rings. The van der Waals surface area contributed by atoms with Gasteiger partial charge in [-0.2, -0.15) is 0 Å². The number of nitrogens with one attached hydrogen (secondary N) is 1. The number of hydrogen-bond donors (Lipinski definition) is 1. The van der Waals surface area contributed by atoms with Crippen molar-refractivity contribution in [2.75, 3.05) is 38.2 Å². The minimum Gasteiger partial charge on any atom is -0.469 e. The van der Waals surface area contributed by atoms with Gasteiger partial charge in [0.05, 0.1) is 13.0 Å². The van der Waals surface area contributed by atoms with Crippen LogP contribution in [0.3, 0.4) is 0 Å². The van der Waals surface area contributed by atoms with E-state index in [2.05, 4.69) is 29.6 Å². The molecule has 2 heterocycles. The average Bonchev–Trinajstić information content (AvgIpc) is 3.15. The van der Waals surface area contributed by atoms with E-state index in [1.165, 1.54) is 25.5 Å². The number of carbonyl (C=O) groups excluding carboxylic acids is 2. The van der Waals surface area contributed by atoms with Gasteiger partial charge in [-0.1, -0.05) is 12.1 Å². The highest BCUT2D eigenvalue weighted by atomic mass is 35.5. The van der Waals surface area contributed by atoms with Crippen LogP contribution in [0.15, 0.2) is 24.3 Å². The number of carbonyl (C=O) groups is 2. The molecule has 2 amide bonds. The van der Waals surface area contributed by atoms with Gasteiger partial charge in [-0.05, 0) is 75.2 Å². The van der Waals surface area contributed by atoms with Crippen LogP contribution in [0.2, 0.25) is 0 Å². The normalized spacial score (nSPS) is 25.6. The number of methoxy groups -OCH3 is 1. The Kier molecular flexibility index (Phi) is 7.41. The van der Waals surface area contributed by atoms with Gasteiger partial charge < -0.3 is 15.0 Å². The topological polar surface area (TPSA) is 61.9 Å². The zero-order valence-corrected chi connectivity index (χ0v) is 18.0. The maximum absolute atomic E-state index is 13.0. The SMILES string of the molecule is COC(=O)[C@H]1CC[C@H](N2CCN(c3ccc(C4CCNCC4)cc3)C2=O)CC1.Cl. The van der Waals surface area contributed by atoms with Crippen LogP contribution >= 0.6 is 12.4 Å². The fourth-order valence-corrected chi connectivity index (χ4v) is 5.00. The van der Waals surface area contributed by atoms with Crippen LogP contribution in [0, 0.1) is 5.92 Å². The van der Waals surface area contributed by atoms with E-state index in [1.807, 2.05) is 9.80 Å². The van der Waals surface area contributed by atoms with E-state index < -0.39 is 0 Å². The van der Waals surface area contributed by atoms with Gasteiger partial charge >= 0.3 is 12.0 Å². The summed E-state index contributed by atoms with van der Waals surface area (Å²) < 4.78 is 4.87. The summed E-state index contributed by atoms with van der Waals surface area (Å²) in [5.41, 5.74) is 2.38. The third kappa shape index (κ3) is 4.69. The van der Waals surface area contributed by atoms with E-state index in [0.717, 1.165) is 57.5 Å². The van der Waals surface area contributed by atoms with Crippen molar-refractivity contribution in [2.45, 2.75) is 50.5 Å². The zero-order valence-electron chi connectivity index (χ0n) is 17.1. The third-order valence-corrected chi connectivity index (χ3v) is 6.73. The van der Waals surface area contributed by atoms with E-state index in [4.69, 9.17) is 4.74 Å². The van der Waals surface area contributed by atoms with Crippen molar-refractivity contribution in [3.63, 3.8) is 0 Å². The lowest BCUT2D eigenvalue weighted by Crippen LogP contribution is -2.42. The standard InChI is InChI=1S/C22H31N3O3.ClH/c1-28-21(26)18-4-8-20(9-5-18)25-15-14-24(22(25)27)19-6-2-16(3-7-19)17-10-12-23-13-11-17;/h2-3,6-7,17-18,20,23H,4-5,8-15H2,1H3;1H/t18-,20-;. The van der Waals surface area contributed by atoms with E-state index in [9.17, 15) is 9.59 Å². The van der Waals surface area contributed by atoms with Crippen LogP contribution in [0.25, 0.3) is 0 Å². The Morgan fingerprint density at radius 2 is 1.66 bits per heavy atom. The number of benzene rings is 1. The fraction of sp³-hybridized carbons (Fsp3) is 0.636. The van der Waals surface area contributed by atoms with Crippen LogP contribution in [-0.2, 0) is 9.53 Å². The van der Waals surface area contributed by atoms with Crippen molar-refractivity contribution in [1.82, 2.24) is 10.2 Å². The Bertz CT molecular complexity index is 698. The minimum atomic E-state index is -0.110. The molecule has 0 aromatic heterocycles. The number of rotatable bonds is 4. The van der Waals surface area contributed by atoms with Gasteiger partial charge in [-0.25, -0.2) is 4.79 Å². The van der Waals surface area contributed by atoms with Crippen molar-refractivity contribution < 1.29 is 14.3 Å². The van der Waals surface area contributed by atoms with Gasteiger partial charge in [0.1, 0.15) is 0 Å². The number of esters is 1. The predicted octanol–water partition coefficient (Wildman–Crippen LogP) is 3.55. The molecule has 0 spiro atoms. The summed E-state index contributed by atoms with van der Waals surface area (Å²) in [7, 11) is 1.45. The Balaban J connectivity index is 0.00000240. The second-order valence-corrected chi connectivity index (χ2v) is 8.27. The molecule has 29 heavy (non-hydrogen) atoms. The number of anilines is 1. The number of hydrogen-bond acceptors (Lipinski definition) is 4. The molecule has 6 nitrogen and oxygen atoms in total. The molecule has 0 atom stereocenters. The summed E-state index contributed by atoms with van der Waals surface area (Å²) in [5.74, 6) is 0.519. The number of nitrogens with zero attached hydrogens (tertiary/aromatic N) is 2. The highest BCUT2D eigenvalue weighted by molar-refractivity contribution is 5.94. The molecule has 1 saturated carbocycles. The van der Waals surface area contributed by atoms with Crippen LogP contribution in [0.4, 0.5) is 10.5 Å². The molecule has 7 heteroatoms. The van der Waals surface area contributed by atoms with Crippen molar-refractivity contribution >= 4 is 30.1 Å². The average molecular weight is 422 g/mol. The monoisotopic (exact) mass is 421 g/mol. The molecule has 1 aromatic carbocycles. The van der Waals surface area contributed by atoms with Gasteiger partial charge in [0, 0.05) is 24.8 Å². The lowest BCUT2D eigenvalue weighted by molar-refractivity contribution is -0.146. The molecule has 0 bridgehead atoms. The van der Waals surface area contributed by atoms with Gasteiger partial charge in [0.15, 0.2) is 0 Å². The molecular weight excluding hydrogens is 390 g/mol. The lowest BCUT2D eigenvalue weighted by atomic mass is 9.85. The summed E-state index contributed by atoms with van der Waals surface area (Å²) in [6, 6.07) is 8.95. The van der Waals surface area contributed by atoms with E-state index in [1.54, 1.807) is 0 Å². The Morgan fingerprint density at radius 1 is 1.00 bits per heavy atom. The molecule has 3 fully saturated rings. The summed E-state index contributed by atoms with van der Waals surface area (Å²) in [6.45, 7) is 3.68. The summed E-state index contributed by atoms with van der Waals surface area (Å²) in [5, 5.41) is 3.41. The largest absolute Gasteiger partial charge is 0.469 e. The number of halogens is 1. The molecular formula is C22H32ClN3O3. The molecule has 2 aliphatic heterocycles. The number of piperidine rings is 1. The summed E-state index contributed by atoms with van der Waals surface area (Å²) in [4.78, 5) is 28.6. The van der Waals surface area contributed by atoms with Crippen molar-refractivity contribution in [1.29, 1.82) is 0 Å². The highest BCUT2D eigenvalue weighted by Crippen LogP contribution is 2.32. The number of urea groups is 1. The molecule has 0 unspecified atom stereocenters. The smallest absolute Gasteiger partial charge is 0.324 e.